The van der Waals surface area contributed by atoms with Crippen LogP contribution in [0.2, 0.25) is 5.02 Å². The third kappa shape index (κ3) is 6.16. The van der Waals surface area contributed by atoms with Crippen LogP contribution in [0.3, 0.4) is 0 Å². The quantitative estimate of drug-likeness (QED) is 0.189. The molecule has 10 heteroatoms. The number of nitrogens with zero attached hydrogens (tertiary/aromatic N) is 2. The summed E-state index contributed by atoms with van der Waals surface area (Å²) in [4.78, 5) is 23.9. The highest BCUT2D eigenvalue weighted by Crippen LogP contribution is 2.30. The summed E-state index contributed by atoms with van der Waals surface area (Å²) in [6.07, 6.45) is -1.02. The maximum atomic E-state index is 11.9. The Morgan fingerprint density at radius 3 is 2.19 bits per heavy atom. The molecule has 0 fully saturated rings. The molecule has 0 aliphatic carbocycles. The molecule has 0 aliphatic heterocycles. The molecule has 2 rings (SSSR count). The van der Waals surface area contributed by atoms with Crippen LogP contribution in [-0.4, -0.2) is 35.9 Å². The lowest BCUT2D eigenvalue weighted by Gasteiger charge is -2.23. The molecule has 0 unspecified atom stereocenters. The fourth-order valence-electron chi connectivity index (χ4n) is 2.19. The lowest BCUT2D eigenvalue weighted by Crippen LogP contribution is -2.27. The van der Waals surface area contributed by atoms with Crippen molar-refractivity contribution in [2.75, 3.05) is 29.7 Å². The van der Waals surface area contributed by atoms with Crippen LogP contribution in [0, 0.1) is 10.1 Å². The summed E-state index contributed by atoms with van der Waals surface area (Å²) in [5.74, 6) is 1.07. The van der Waals surface area contributed by atoms with Gasteiger partial charge in [0.1, 0.15) is 5.75 Å². The largest absolute Gasteiger partial charge is 0.519 e. The van der Waals surface area contributed by atoms with Gasteiger partial charge in [-0.05, 0) is 30.3 Å². The van der Waals surface area contributed by atoms with Gasteiger partial charge >= 0.3 is 6.16 Å². The van der Waals surface area contributed by atoms with Gasteiger partial charge in [-0.2, -0.15) is 0 Å². The topological polar surface area (TPSA) is 81.9 Å². The van der Waals surface area contributed by atoms with Crippen LogP contribution in [0.4, 0.5) is 16.2 Å². The molecule has 2 aromatic carbocycles. The zero-order valence-corrected chi connectivity index (χ0v) is 16.2. The summed E-state index contributed by atoms with van der Waals surface area (Å²) in [6.45, 7) is 1.18. The average Bonchev–Trinajstić information content (AvgIpc) is 2.63. The Balaban J connectivity index is 2.03. The van der Waals surface area contributed by atoms with E-state index in [9.17, 15) is 14.9 Å². The zero-order chi connectivity index (χ0) is 19.8. The Morgan fingerprint density at radius 1 is 1.04 bits per heavy atom. The van der Waals surface area contributed by atoms with Gasteiger partial charge in [0.25, 0.3) is 5.69 Å². The van der Waals surface area contributed by atoms with Crippen LogP contribution >= 0.6 is 34.8 Å². The Kier molecular flexibility index (Phi) is 7.97. The highest BCUT2D eigenvalue weighted by molar-refractivity contribution is 6.32. The molecule has 0 bridgehead atoms. The summed E-state index contributed by atoms with van der Waals surface area (Å²) in [5, 5.41) is 10.8. The first-order chi connectivity index (χ1) is 12.9. The van der Waals surface area contributed by atoms with Crippen molar-refractivity contribution >= 4 is 52.3 Å². The van der Waals surface area contributed by atoms with Gasteiger partial charge in [0.05, 0.1) is 9.95 Å². The maximum absolute atomic E-state index is 11.9. The molecule has 0 saturated heterocycles. The fraction of sp³-hybridized carbons (Fsp3) is 0.235. The minimum atomic E-state index is -1.02. The average molecular weight is 434 g/mol. The number of rotatable bonds is 8. The Bertz CT molecular complexity index is 796. The predicted molar refractivity (Wildman–Crippen MR) is 105 cm³/mol. The number of halogens is 3. The van der Waals surface area contributed by atoms with Crippen LogP contribution in [0.15, 0.2) is 42.5 Å². The summed E-state index contributed by atoms with van der Waals surface area (Å²) < 4.78 is 10.1. The van der Waals surface area contributed by atoms with Crippen LogP contribution < -0.4 is 14.4 Å². The second-order valence-corrected chi connectivity index (χ2v) is 6.35. The van der Waals surface area contributed by atoms with Crippen LogP contribution in [0.5, 0.6) is 11.5 Å². The lowest BCUT2D eigenvalue weighted by atomic mass is 10.2. The Morgan fingerprint density at radius 2 is 1.67 bits per heavy atom. The first-order valence-corrected chi connectivity index (χ1v) is 9.20. The van der Waals surface area contributed by atoms with Gasteiger partial charge < -0.3 is 14.4 Å². The van der Waals surface area contributed by atoms with E-state index in [0.717, 1.165) is 5.69 Å². The molecule has 144 valence electrons. The van der Waals surface area contributed by atoms with E-state index in [-0.39, 0.29) is 22.2 Å². The normalized spacial score (nSPS) is 10.3. The van der Waals surface area contributed by atoms with E-state index < -0.39 is 11.1 Å². The van der Waals surface area contributed by atoms with Crippen LogP contribution in [0.1, 0.15) is 0 Å². The number of anilines is 1. The number of non-ortho nitro benzene ring substituents is 1. The van der Waals surface area contributed by atoms with Crippen molar-refractivity contribution in [2.24, 2.45) is 0 Å². The third-order valence-corrected chi connectivity index (χ3v) is 4.06. The Labute approximate surface area is 170 Å². The molecule has 27 heavy (non-hydrogen) atoms. The predicted octanol–water partition coefficient (Wildman–Crippen LogP) is 5.11. The highest BCUT2D eigenvalue weighted by Gasteiger charge is 2.14. The molecule has 7 nitrogen and oxygen atoms in total. The number of ether oxygens (including phenoxy) is 2. The number of hydrogen-bond donors (Lipinski definition) is 0. The molecule has 0 aromatic heterocycles. The van der Waals surface area contributed by atoms with E-state index in [0.29, 0.717) is 24.8 Å². The lowest BCUT2D eigenvalue weighted by molar-refractivity contribution is -0.384. The van der Waals surface area contributed by atoms with Crippen molar-refractivity contribution in [3.63, 3.8) is 0 Å². The second kappa shape index (κ2) is 10.2. The first kappa shape index (κ1) is 21.1. The molecular weight excluding hydrogens is 419 g/mol. The monoisotopic (exact) mass is 432 g/mol. The first-order valence-electron chi connectivity index (χ1n) is 7.75. The highest BCUT2D eigenvalue weighted by atomic mass is 35.5. The molecule has 0 spiro atoms. The summed E-state index contributed by atoms with van der Waals surface area (Å²) in [6, 6.07) is 9.90. The van der Waals surface area contributed by atoms with Gasteiger partial charge in [-0.15, -0.1) is 23.2 Å². The molecule has 0 N–H and O–H groups in total. The molecule has 0 saturated carbocycles. The minimum absolute atomic E-state index is 0.105. The molecule has 0 heterocycles. The molecule has 0 aliphatic rings. The van der Waals surface area contributed by atoms with E-state index in [1.165, 1.54) is 30.3 Å². The maximum Gasteiger partial charge on any atom is 0.519 e. The number of nitro groups is 1. The number of benzene rings is 2. The van der Waals surface area contributed by atoms with Crippen molar-refractivity contribution < 1.29 is 19.2 Å². The summed E-state index contributed by atoms with van der Waals surface area (Å²) in [7, 11) is 0. The fourth-order valence-corrected chi connectivity index (χ4v) is 2.81. The second-order valence-electron chi connectivity index (χ2n) is 5.18. The molecule has 0 atom stereocenters. The van der Waals surface area contributed by atoms with Crippen molar-refractivity contribution in [1.82, 2.24) is 0 Å². The number of carbonyl (C=O) groups is 1. The van der Waals surface area contributed by atoms with Gasteiger partial charge in [-0.25, -0.2) is 4.79 Å². The molecule has 0 amide bonds. The summed E-state index contributed by atoms with van der Waals surface area (Å²) >= 11 is 17.7. The third-order valence-electron chi connectivity index (χ3n) is 3.43. The van der Waals surface area contributed by atoms with Gasteiger partial charge in [-0.1, -0.05) is 11.6 Å². The van der Waals surface area contributed by atoms with Crippen molar-refractivity contribution in [3.05, 3.63) is 57.6 Å². The number of hydrogen-bond acceptors (Lipinski definition) is 6. The van der Waals surface area contributed by atoms with Gasteiger partial charge in [-0.3, -0.25) is 10.1 Å². The number of carbonyl (C=O) groups excluding carboxylic acids is 1. The van der Waals surface area contributed by atoms with E-state index in [4.69, 9.17) is 44.3 Å². The van der Waals surface area contributed by atoms with E-state index in [2.05, 4.69) is 0 Å². The van der Waals surface area contributed by atoms with Gasteiger partial charge in [0.15, 0.2) is 5.75 Å². The van der Waals surface area contributed by atoms with E-state index in [1.807, 2.05) is 4.90 Å². The Hall–Kier alpha value is -2.22. The molecule has 0 radical (unpaired) electrons. The summed E-state index contributed by atoms with van der Waals surface area (Å²) in [5.41, 5.74) is 0.671. The van der Waals surface area contributed by atoms with Gasteiger partial charge in [0, 0.05) is 42.7 Å². The van der Waals surface area contributed by atoms with Crippen molar-refractivity contribution in [3.8, 4) is 11.5 Å². The molecular formula is C17H15Cl3N2O5. The SMILES string of the molecule is O=C(Oc1ccc([N+](=O)[O-])cc1)Oc1ccc(N(CCCl)CCCl)cc1Cl. The van der Waals surface area contributed by atoms with E-state index >= 15 is 0 Å². The zero-order valence-electron chi connectivity index (χ0n) is 13.9. The minimum Gasteiger partial charge on any atom is -0.395 e. The van der Waals surface area contributed by atoms with Crippen molar-refractivity contribution in [2.45, 2.75) is 0 Å². The van der Waals surface area contributed by atoms with Crippen LogP contribution in [0.25, 0.3) is 0 Å². The number of alkyl halides is 2. The smallest absolute Gasteiger partial charge is 0.395 e. The van der Waals surface area contributed by atoms with Gasteiger partial charge in [0.2, 0.25) is 0 Å². The van der Waals surface area contributed by atoms with E-state index in [1.54, 1.807) is 12.1 Å². The van der Waals surface area contributed by atoms with Crippen LogP contribution in [-0.2, 0) is 0 Å². The van der Waals surface area contributed by atoms with Crippen molar-refractivity contribution in [1.29, 1.82) is 0 Å². The standard InChI is InChI=1S/C17H15Cl3N2O5/c18-7-9-21(10-8-19)13-3-6-16(15(20)11-13)27-17(23)26-14-4-1-12(2-5-14)22(24)25/h1-6,11H,7-10H2. The molecule has 2 aromatic rings. The number of nitro benzene ring substituents is 1.